The normalized spacial score (nSPS) is 17.5. The van der Waals surface area contributed by atoms with Crippen LogP contribution in [0.2, 0.25) is 0 Å². The summed E-state index contributed by atoms with van der Waals surface area (Å²) in [5.41, 5.74) is 3.38. The van der Waals surface area contributed by atoms with Gasteiger partial charge >= 0.3 is 0 Å². The van der Waals surface area contributed by atoms with Crippen LogP contribution >= 0.6 is 0 Å². The first kappa shape index (κ1) is 19.5. The minimum absolute atomic E-state index is 0.0439. The van der Waals surface area contributed by atoms with E-state index in [1.165, 1.54) is 0 Å². The molecule has 0 atom stereocenters. The first-order valence-corrected chi connectivity index (χ1v) is 10.4. The standard InChI is InChI=1S/C24H28N2O3/c1-17(27)26-14-6-7-18-15-20(10-11-22(18)26)25-23(28)24(12-3-4-13-24)19-8-5-9-21(16-19)29-2/h5,8-11,15-16H,3-4,6-7,12-14H2,1-2H3,(H,25,28). The fourth-order valence-electron chi connectivity index (χ4n) is 4.80. The molecule has 1 fully saturated rings. The van der Waals surface area contributed by atoms with Crippen molar-refractivity contribution in [2.75, 3.05) is 23.9 Å². The van der Waals surface area contributed by atoms with Gasteiger partial charge in [-0.15, -0.1) is 0 Å². The average Bonchev–Trinajstić information content (AvgIpc) is 3.24. The minimum atomic E-state index is -0.518. The van der Waals surface area contributed by atoms with Crippen LogP contribution in [0, 0.1) is 0 Å². The van der Waals surface area contributed by atoms with E-state index < -0.39 is 5.41 Å². The third-order valence-corrected chi connectivity index (χ3v) is 6.35. The number of aryl methyl sites for hydroxylation is 1. The first-order valence-electron chi connectivity index (χ1n) is 10.4. The van der Waals surface area contributed by atoms with Gasteiger partial charge in [0.1, 0.15) is 5.75 Å². The van der Waals surface area contributed by atoms with E-state index in [4.69, 9.17) is 4.74 Å². The van der Waals surface area contributed by atoms with Gasteiger partial charge in [-0.2, -0.15) is 0 Å². The van der Waals surface area contributed by atoms with E-state index in [1.807, 2.05) is 47.4 Å². The summed E-state index contributed by atoms with van der Waals surface area (Å²) in [6.45, 7) is 2.36. The van der Waals surface area contributed by atoms with E-state index in [0.29, 0.717) is 0 Å². The molecule has 4 rings (SSSR count). The quantitative estimate of drug-likeness (QED) is 0.837. The van der Waals surface area contributed by atoms with Crippen molar-refractivity contribution in [1.29, 1.82) is 0 Å². The summed E-state index contributed by atoms with van der Waals surface area (Å²) in [7, 11) is 1.65. The van der Waals surface area contributed by atoms with Gasteiger partial charge < -0.3 is 15.0 Å². The highest BCUT2D eigenvalue weighted by Gasteiger charge is 2.43. The molecule has 29 heavy (non-hydrogen) atoms. The van der Waals surface area contributed by atoms with Gasteiger partial charge in [-0.05, 0) is 67.1 Å². The number of nitrogens with one attached hydrogen (secondary N) is 1. The van der Waals surface area contributed by atoms with Crippen molar-refractivity contribution in [3.05, 3.63) is 53.6 Å². The van der Waals surface area contributed by atoms with Crippen LogP contribution in [0.15, 0.2) is 42.5 Å². The van der Waals surface area contributed by atoms with Gasteiger partial charge in [-0.1, -0.05) is 25.0 Å². The first-order chi connectivity index (χ1) is 14.0. The Morgan fingerprint density at radius 1 is 1.07 bits per heavy atom. The monoisotopic (exact) mass is 392 g/mol. The molecule has 2 aromatic rings. The highest BCUT2D eigenvalue weighted by molar-refractivity contribution is 6.00. The van der Waals surface area contributed by atoms with E-state index in [0.717, 1.165) is 73.3 Å². The Balaban J connectivity index is 1.61. The van der Waals surface area contributed by atoms with E-state index >= 15 is 0 Å². The Morgan fingerprint density at radius 3 is 2.59 bits per heavy atom. The Morgan fingerprint density at radius 2 is 1.86 bits per heavy atom. The molecule has 0 bridgehead atoms. The third-order valence-electron chi connectivity index (χ3n) is 6.35. The number of amides is 2. The molecule has 0 spiro atoms. The summed E-state index contributed by atoms with van der Waals surface area (Å²) in [4.78, 5) is 27.2. The van der Waals surface area contributed by atoms with Crippen molar-refractivity contribution < 1.29 is 14.3 Å². The number of fused-ring (bicyclic) bond motifs is 1. The van der Waals surface area contributed by atoms with Crippen molar-refractivity contribution in [3.63, 3.8) is 0 Å². The van der Waals surface area contributed by atoms with Crippen LogP contribution in [0.1, 0.15) is 50.2 Å². The second kappa shape index (κ2) is 7.90. The molecule has 2 amide bonds. The Labute approximate surface area is 172 Å². The number of ether oxygens (including phenoxy) is 1. The van der Waals surface area contributed by atoms with Crippen LogP contribution in [-0.2, 0) is 21.4 Å². The lowest BCUT2D eigenvalue weighted by molar-refractivity contribution is -0.121. The summed E-state index contributed by atoms with van der Waals surface area (Å²) in [6.07, 6.45) is 5.64. The van der Waals surface area contributed by atoms with Gasteiger partial charge in [-0.3, -0.25) is 9.59 Å². The molecule has 1 saturated carbocycles. The van der Waals surface area contributed by atoms with E-state index in [-0.39, 0.29) is 11.8 Å². The summed E-state index contributed by atoms with van der Waals surface area (Å²) in [5, 5.41) is 3.17. The molecule has 5 heteroatoms. The van der Waals surface area contributed by atoms with Crippen LogP contribution in [0.25, 0.3) is 0 Å². The highest BCUT2D eigenvalue weighted by Crippen LogP contribution is 2.43. The topological polar surface area (TPSA) is 58.6 Å². The van der Waals surface area contributed by atoms with Crippen molar-refractivity contribution in [2.24, 2.45) is 0 Å². The maximum Gasteiger partial charge on any atom is 0.235 e. The van der Waals surface area contributed by atoms with Crippen LogP contribution in [-0.4, -0.2) is 25.5 Å². The minimum Gasteiger partial charge on any atom is -0.497 e. The summed E-state index contributed by atoms with van der Waals surface area (Å²) >= 11 is 0. The van der Waals surface area contributed by atoms with Gasteiger partial charge in [0, 0.05) is 24.8 Å². The van der Waals surface area contributed by atoms with Crippen molar-refractivity contribution in [1.82, 2.24) is 0 Å². The summed E-state index contributed by atoms with van der Waals surface area (Å²) in [6, 6.07) is 13.8. The number of methoxy groups -OCH3 is 1. The molecule has 5 nitrogen and oxygen atoms in total. The number of hydrogen-bond donors (Lipinski definition) is 1. The molecule has 2 aromatic carbocycles. The molecule has 0 aromatic heterocycles. The Hall–Kier alpha value is -2.82. The zero-order chi connectivity index (χ0) is 20.4. The number of benzene rings is 2. The number of carbonyl (C=O) groups is 2. The van der Waals surface area contributed by atoms with Gasteiger partial charge in [0.25, 0.3) is 0 Å². The molecule has 0 radical (unpaired) electrons. The fraction of sp³-hybridized carbons (Fsp3) is 0.417. The van der Waals surface area contributed by atoms with Gasteiger partial charge in [0.05, 0.1) is 12.5 Å². The second-order valence-electron chi connectivity index (χ2n) is 8.09. The van der Waals surface area contributed by atoms with Crippen molar-refractivity contribution in [3.8, 4) is 5.75 Å². The Bertz CT molecular complexity index is 931. The smallest absolute Gasteiger partial charge is 0.235 e. The van der Waals surface area contributed by atoms with E-state index in [2.05, 4.69) is 5.32 Å². The zero-order valence-corrected chi connectivity index (χ0v) is 17.2. The van der Waals surface area contributed by atoms with Gasteiger partial charge in [0.2, 0.25) is 11.8 Å². The number of hydrogen-bond acceptors (Lipinski definition) is 3. The molecule has 0 saturated heterocycles. The maximum atomic E-state index is 13.5. The molecule has 1 heterocycles. The summed E-state index contributed by atoms with van der Waals surface area (Å²) < 4.78 is 5.39. The molecule has 1 N–H and O–H groups in total. The lowest BCUT2D eigenvalue weighted by atomic mass is 9.77. The van der Waals surface area contributed by atoms with Crippen LogP contribution in [0.3, 0.4) is 0 Å². The number of carbonyl (C=O) groups excluding carboxylic acids is 2. The van der Waals surface area contributed by atoms with E-state index in [1.54, 1.807) is 14.0 Å². The molecular weight excluding hydrogens is 364 g/mol. The van der Waals surface area contributed by atoms with Gasteiger partial charge in [0.15, 0.2) is 0 Å². The molecule has 1 aliphatic heterocycles. The highest BCUT2D eigenvalue weighted by atomic mass is 16.5. The molecular formula is C24H28N2O3. The number of nitrogens with zero attached hydrogens (tertiary/aromatic N) is 1. The molecule has 1 aliphatic carbocycles. The lowest BCUT2D eigenvalue weighted by Gasteiger charge is -2.30. The molecule has 152 valence electrons. The lowest BCUT2D eigenvalue weighted by Crippen LogP contribution is -2.38. The number of anilines is 2. The van der Waals surface area contributed by atoms with Crippen LogP contribution < -0.4 is 15.0 Å². The van der Waals surface area contributed by atoms with Crippen LogP contribution in [0.5, 0.6) is 5.75 Å². The summed E-state index contributed by atoms with van der Waals surface area (Å²) in [5.74, 6) is 0.882. The predicted molar refractivity (Wildman–Crippen MR) is 115 cm³/mol. The maximum absolute atomic E-state index is 13.5. The predicted octanol–water partition coefficient (Wildman–Crippen LogP) is 4.44. The largest absolute Gasteiger partial charge is 0.497 e. The third kappa shape index (κ3) is 3.61. The zero-order valence-electron chi connectivity index (χ0n) is 17.2. The van der Waals surface area contributed by atoms with E-state index in [9.17, 15) is 9.59 Å². The Kier molecular flexibility index (Phi) is 5.31. The van der Waals surface area contributed by atoms with Crippen molar-refractivity contribution >= 4 is 23.2 Å². The second-order valence-corrected chi connectivity index (χ2v) is 8.09. The molecule has 0 unspecified atom stereocenters. The fourth-order valence-corrected chi connectivity index (χ4v) is 4.80. The van der Waals surface area contributed by atoms with Crippen molar-refractivity contribution in [2.45, 2.75) is 50.9 Å². The van der Waals surface area contributed by atoms with Gasteiger partial charge in [-0.25, -0.2) is 0 Å². The molecule has 2 aliphatic rings. The van der Waals surface area contributed by atoms with Crippen LogP contribution in [0.4, 0.5) is 11.4 Å². The SMILES string of the molecule is COc1cccc(C2(C(=O)Nc3ccc4c(c3)CCCN4C(C)=O)CCCC2)c1. The number of rotatable bonds is 4. The average molecular weight is 392 g/mol.